The fourth-order valence-corrected chi connectivity index (χ4v) is 3.32. The van der Waals surface area contributed by atoms with Crippen molar-refractivity contribution >= 4 is 17.3 Å². The molecule has 5 N–H and O–H groups in total. The van der Waals surface area contributed by atoms with Crippen LogP contribution >= 0.6 is 11.6 Å². The lowest BCUT2D eigenvalue weighted by Gasteiger charge is -2.19. The minimum Gasteiger partial charge on any atom is -0.365 e. The van der Waals surface area contributed by atoms with E-state index in [1.165, 1.54) is 32.4 Å². The summed E-state index contributed by atoms with van der Waals surface area (Å²) in [6.07, 6.45) is 7.64. The molecule has 0 aliphatic heterocycles. The highest BCUT2D eigenvalue weighted by Crippen LogP contribution is 2.26. The molecule has 0 aliphatic rings. The zero-order valence-corrected chi connectivity index (χ0v) is 22.3. The number of benzene rings is 2. The molecule has 0 saturated carbocycles. The van der Waals surface area contributed by atoms with E-state index in [1.54, 1.807) is 30.6 Å². The Bertz CT molecular complexity index is 932. The Morgan fingerprint density at radius 1 is 1.00 bits per heavy atom. The van der Waals surface area contributed by atoms with E-state index in [-0.39, 0.29) is 5.82 Å². The largest absolute Gasteiger partial charge is 0.365 e. The van der Waals surface area contributed by atoms with Gasteiger partial charge in [0, 0.05) is 16.8 Å². The van der Waals surface area contributed by atoms with Crippen LogP contribution in [0.25, 0.3) is 0 Å². The quantitative estimate of drug-likeness (QED) is 0.298. The van der Waals surface area contributed by atoms with Gasteiger partial charge in [-0.3, -0.25) is 4.98 Å². The van der Waals surface area contributed by atoms with Crippen molar-refractivity contribution in [1.82, 2.24) is 4.98 Å². The molecule has 1 heterocycles. The van der Waals surface area contributed by atoms with Crippen molar-refractivity contribution in [3.8, 4) is 0 Å². The van der Waals surface area contributed by atoms with Crippen LogP contribution in [0, 0.1) is 12.7 Å². The molecule has 1 unspecified atom stereocenters. The summed E-state index contributed by atoms with van der Waals surface area (Å²) in [6, 6.07) is 14.2. The maximum Gasteiger partial charge on any atom is 0.123 e. The topological polar surface area (TPSA) is 77.0 Å². The Balaban J connectivity index is 0.00000106. The highest BCUT2D eigenvalue weighted by atomic mass is 35.5. The lowest BCUT2D eigenvalue weighted by molar-refractivity contribution is 0.625. The number of nitrogens with zero attached hydrogens (tertiary/aromatic N) is 1. The summed E-state index contributed by atoms with van der Waals surface area (Å²) < 4.78 is 13.6. The number of anilines is 1. The van der Waals surface area contributed by atoms with Gasteiger partial charge in [-0.1, -0.05) is 82.8 Å². The fourth-order valence-electron chi connectivity index (χ4n) is 3.07. The Kier molecular flexibility index (Phi) is 17.5. The monoisotopic (exact) mass is 488 g/mol. The van der Waals surface area contributed by atoms with Crippen molar-refractivity contribution in [2.75, 3.05) is 12.4 Å². The minimum atomic E-state index is -0.467. The standard InChI is InChI=1S/C20H19ClFN3.C5H12.C2H6.CH5N/c1-13-6-7-16(22)11-15(13)10-14-8-9-24-12-19(14)25-20(23)17-4-2-3-5-18(17)21;1-3-5-4-2;2*1-2/h2-9,11-12,20,25H,10,23H2,1H3;3-5H2,1-2H3;1-2H3;2H2,1H3. The van der Waals surface area contributed by atoms with Gasteiger partial charge in [0.1, 0.15) is 12.0 Å². The van der Waals surface area contributed by atoms with Crippen LogP contribution in [-0.4, -0.2) is 12.0 Å². The number of aryl methyl sites for hydroxylation is 1. The maximum absolute atomic E-state index is 13.6. The first kappa shape index (κ1) is 31.5. The van der Waals surface area contributed by atoms with Crippen LogP contribution in [0.4, 0.5) is 10.1 Å². The molecule has 0 spiro atoms. The molecule has 0 fully saturated rings. The molecule has 3 aromatic rings. The van der Waals surface area contributed by atoms with E-state index >= 15 is 0 Å². The van der Waals surface area contributed by atoms with Gasteiger partial charge in [0.2, 0.25) is 0 Å². The van der Waals surface area contributed by atoms with Crippen molar-refractivity contribution in [2.24, 2.45) is 11.5 Å². The van der Waals surface area contributed by atoms with Crippen LogP contribution in [0.15, 0.2) is 60.9 Å². The second-order valence-corrected chi connectivity index (χ2v) is 7.68. The number of nitrogens with two attached hydrogens (primary N) is 2. The minimum absolute atomic E-state index is 0.239. The summed E-state index contributed by atoms with van der Waals surface area (Å²) in [5.41, 5.74) is 15.3. The van der Waals surface area contributed by atoms with Crippen LogP contribution in [0.2, 0.25) is 5.02 Å². The van der Waals surface area contributed by atoms with E-state index in [4.69, 9.17) is 17.3 Å². The second kappa shape index (κ2) is 18.9. The molecule has 6 heteroatoms. The van der Waals surface area contributed by atoms with Gasteiger partial charge in [0.25, 0.3) is 0 Å². The number of halogens is 2. The molecule has 3 rings (SSSR count). The lowest BCUT2D eigenvalue weighted by Crippen LogP contribution is -2.21. The molecule has 0 bridgehead atoms. The second-order valence-electron chi connectivity index (χ2n) is 7.28. The smallest absolute Gasteiger partial charge is 0.123 e. The van der Waals surface area contributed by atoms with E-state index in [0.29, 0.717) is 11.4 Å². The van der Waals surface area contributed by atoms with Gasteiger partial charge in [0.05, 0.1) is 11.9 Å². The summed E-state index contributed by atoms with van der Waals surface area (Å²) in [4.78, 5) is 4.17. The van der Waals surface area contributed by atoms with Gasteiger partial charge in [-0.2, -0.15) is 0 Å². The molecule has 0 amide bonds. The van der Waals surface area contributed by atoms with Crippen LogP contribution in [0.5, 0.6) is 0 Å². The van der Waals surface area contributed by atoms with Crippen molar-refractivity contribution < 1.29 is 4.39 Å². The zero-order chi connectivity index (χ0) is 25.9. The van der Waals surface area contributed by atoms with Gasteiger partial charge < -0.3 is 16.8 Å². The Morgan fingerprint density at radius 3 is 2.24 bits per heavy atom. The van der Waals surface area contributed by atoms with E-state index in [9.17, 15) is 4.39 Å². The van der Waals surface area contributed by atoms with E-state index < -0.39 is 6.17 Å². The highest BCUT2D eigenvalue weighted by molar-refractivity contribution is 6.31. The fraction of sp³-hybridized carbons (Fsp3) is 0.393. The number of rotatable bonds is 7. The first-order valence-corrected chi connectivity index (χ1v) is 12.4. The molecule has 0 radical (unpaired) electrons. The molecule has 1 aromatic heterocycles. The molecule has 0 aliphatic carbocycles. The summed E-state index contributed by atoms with van der Waals surface area (Å²) in [5.74, 6) is -0.239. The summed E-state index contributed by atoms with van der Waals surface area (Å²) >= 11 is 6.22. The molecular weight excluding hydrogens is 447 g/mol. The van der Waals surface area contributed by atoms with Gasteiger partial charge in [-0.05, 0) is 61.3 Å². The molecule has 4 nitrogen and oxygen atoms in total. The van der Waals surface area contributed by atoms with Crippen molar-refractivity contribution in [2.45, 2.75) is 66.5 Å². The third-order valence-corrected chi connectivity index (χ3v) is 5.21. The van der Waals surface area contributed by atoms with Crippen LogP contribution in [0.1, 0.15) is 75.4 Å². The lowest BCUT2D eigenvalue weighted by atomic mass is 10.00. The number of hydrogen-bond donors (Lipinski definition) is 3. The molecule has 0 saturated heterocycles. The van der Waals surface area contributed by atoms with Crippen molar-refractivity contribution in [1.29, 1.82) is 0 Å². The number of pyridine rings is 1. The number of nitrogens with one attached hydrogen (secondary N) is 1. The molecule has 188 valence electrons. The average Bonchev–Trinajstić information content (AvgIpc) is 2.86. The summed E-state index contributed by atoms with van der Waals surface area (Å²) in [7, 11) is 1.50. The third-order valence-electron chi connectivity index (χ3n) is 4.86. The predicted octanol–water partition coefficient (Wildman–Crippen LogP) is 7.64. The SMILES string of the molecule is CC.CCCCC.CN.Cc1ccc(F)cc1Cc1ccncc1NC(N)c1ccccc1Cl. The number of hydrogen-bond acceptors (Lipinski definition) is 4. The van der Waals surface area contributed by atoms with Crippen LogP contribution in [-0.2, 0) is 6.42 Å². The normalized spacial score (nSPS) is 10.4. The Morgan fingerprint density at radius 2 is 1.65 bits per heavy atom. The predicted molar refractivity (Wildman–Crippen MR) is 147 cm³/mol. The first-order chi connectivity index (χ1) is 16.5. The third kappa shape index (κ3) is 11.1. The number of unbranched alkanes of at least 4 members (excludes halogenated alkanes) is 2. The molecule has 34 heavy (non-hydrogen) atoms. The van der Waals surface area contributed by atoms with E-state index in [1.807, 2.05) is 45.0 Å². The van der Waals surface area contributed by atoms with Gasteiger partial charge >= 0.3 is 0 Å². The zero-order valence-electron chi connectivity index (χ0n) is 21.5. The Hall–Kier alpha value is -2.47. The maximum atomic E-state index is 13.6. The molecular formula is C28H42ClFN4. The van der Waals surface area contributed by atoms with Crippen molar-refractivity contribution in [3.05, 3.63) is 94.0 Å². The Labute approximate surface area is 210 Å². The molecule has 1 atom stereocenters. The van der Waals surface area contributed by atoms with E-state index in [0.717, 1.165) is 27.9 Å². The van der Waals surface area contributed by atoms with Crippen LogP contribution < -0.4 is 16.8 Å². The highest BCUT2D eigenvalue weighted by Gasteiger charge is 2.13. The van der Waals surface area contributed by atoms with Gasteiger partial charge in [0.15, 0.2) is 0 Å². The van der Waals surface area contributed by atoms with Gasteiger partial charge in [-0.15, -0.1) is 0 Å². The number of aromatic nitrogens is 1. The van der Waals surface area contributed by atoms with Crippen LogP contribution in [0.3, 0.4) is 0 Å². The summed E-state index contributed by atoms with van der Waals surface area (Å²) in [6.45, 7) is 10.4. The first-order valence-electron chi connectivity index (χ1n) is 12.0. The molecule has 2 aromatic carbocycles. The van der Waals surface area contributed by atoms with Gasteiger partial charge in [-0.25, -0.2) is 4.39 Å². The van der Waals surface area contributed by atoms with Crippen molar-refractivity contribution in [3.63, 3.8) is 0 Å². The van der Waals surface area contributed by atoms with E-state index in [2.05, 4.69) is 29.9 Å². The average molecular weight is 489 g/mol. The summed E-state index contributed by atoms with van der Waals surface area (Å²) in [5, 5.41) is 3.86.